The first-order valence-corrected chi connectivity index (χ1v) is 6.27. The van der Waals surface area contributed by atoms with Crippen LogP contribution in [0.3, 0.4) is 0 Å². The molecular formula is C14H20N2O4. The van der Waals surface area contributed by atoms with Crippen LogP contribution in [0.4, 0.5) is 0 Å². The molecule has 6 heteroatoms. The maximum atomic E-state index is 5.46. The molecule has 1 rings (SSSR count). The molecule has 0 spiro atoms. The van der Waals surface area contributed by atoms with Crippen molar-refractivity contribution in [2.75, 3.05) is 13.2 Å². The second-order valence-electron chi connectivity index (χ2n) is 4.03. The summed E-state index contributed by atoms with van der Waals surface area (Å²) in [5, 5.41) is 0. The van der Waals surface area contributed by atoms with Crippen molar-refractivity contribution in [3.8, 4) is 11.9 Å². The van der Waals surface area contributed by atoms with E-state index in [1.165, 1.54) is 12.5 Å². The normalized spacial score (nSPS) is 12.9. The smallest absolute Gasteiger partial charge is 0.319 e. The largest absolute Gasteiger partial charge is 0.495 e. The van der Waals surface area contributed by atoms with Gasteiger partial charge in [-0.15, -0.1) is 0 Å². The molecule has 110 valence electrons. The summed E-state index contributed by atoms with van der Waals surface area (Å²) >= 11 is 0. The van der Waals surface area contributed by atoms with Crippen molar-refractivity contribution in [2.45, 2.75) is 26.1 Å². The van der Waals surface area contributed by atoms with Crippen LogP contribution in [0.25, 0.3) is 0 Å². The molecule has 0 fully saturated rings. The summed E-state index contributed by atoms with van der Waals surface area (Å²) in [4.78, 5) is 8.11. The summed E-state index contributed by atoms with van der Waals surface area (Å²) < 4.78 is 21.1. The second kappa shape index (κ2) is 8.79. The van der Waals surface area contributed by atoms with Crippen molar-refractivity contribution >= 4 is 0 Å². The molecule has 0 aliphatic heterocycles. The molecule has 0 saturated carbocycles. The molecule has 1 aromatic heterocycles. The average Bonchev–Trinajstić information content (AvgIpc) is 2.44. The van der Waals surface area contributed by atoms with Gasteiger partial charge >= 0.3 is 6.01 Å². The van der Waals surface area contributed by atoms with Crippen molar-refractivity contribution in [1.29, 1.82) is 0 Å². The average molecular weight is 280 g/mol. The Labute approximate surface area is 119 Å². The number of hydrogen-bond donors (Lipinski definition) is 0. The minimum atomic E-state index is -0.123. The van der Waals surface area contributed by atoms with Crippen LogP contribution in [-0.2, 0) is 9.47 Å². The topological polar surface area (TPSA) is 62.7 Å². The molecule has 0 aliphatic rings. The highest BCUT2D eigenvalue weighted by molar-refractivity contribution is 5.11. The van der Waals surface area contributed by atoms with Gasteiger partial charge in [-0.2, -0.15) is 4.98 Å². The first-order chi connectivity index (χ1) is 9.65. The van der Waals surface area contributed by atoms with E-state index in [2.05, 4.69) is 23.1 Å². The van der Waals surface area contributed by atoms with E-state index in [1.54, 1.807) is 12.3 Å². The predicted octanol–water partition coefficient (Wildman–Crippen LogP) is 2.33. The highest BCUT2D eigenvalue weighted by Crippen LogP contribution is 2.11. The lowest BCUT2D eigenvalue weighted by Gasteiger charge is -2.13. The molecule has 0 radical (unpaired) electrons. The number of aromatic nitrogens is 2. The zero-order valence-corrected chi connectivity index (χ0v) is 11.8. The molecule has 1 heterocycles. The summed E-state index contributed by atoms with van der Waals surface area (Å²) in [6.45, 7) is 11.4. The van der Waals surface area contributed by atoms with Crippen LogP contribution in [0.1, 0.15) is 13.8 Å². The van der Waals surface area contributed by atoms with Crippen LogP contribution in [-0.4, -0.2) is 35.4 Å². The van der Waals surface area contributed by atoms with Gasteiger partial charge in [-0.3, -0.25) is 0 Å². The molecule has 2 atom stereocenters. The van der Waals surface area contributed by atoms with Crippen LogP contribution in [0.5, 0.6) is 11.9 Å². The van der Waals surface area contributed by atoms with E-state index in [0.29, 0.717) is 19.1 Å². The summed E-state index contributed by atoms with van der Waals surface area (Å²) in [6.07, 6.45) is 4.09. The van der Waals surface area contributed by atoms with Gasteiger partial charge in [0.25, 0.3) is 0 Å². The van der Waals surface area contributed by atoms with Gasteiger partial charge in [-0.1, -0.05) is 13.2 Å². The van der Waals surface area contributed by atoms with Gasteiger partial charge < -0.3 is 18.9 Å². The number of ether oxygens (including phenoxy) is 4. The number of rotatable bonds is 10. The Morgan fingerprint density at radius 1 is 1.10 bits per heavy atom. The lowest BCUT2D eigenvalue weighted by atomic mass is 10.4. The first-order valence-electron chi connectivity index (χ1n) is 6.27. The summed E-state index contributed by atoms with van der Waals surface area (Å²) in [6, 6.07) is 1.89. The quantitative estimate of drug-likeness (QED) is 0.613. The van der Waals surface area contributed by atoms with E-state index in [0.717, 1.165) is 0 Å². The van der Waals surface area contributed by atoms with Crippen LogP contribution in [0, 0.1) is 0 Å². The van der Waals surface area contributed by atoms with Crippen LogP contribution >= 0.6 is 0 Å². The SMILES string of the molecule is C=COC(C)COc1ccnc(OCC(C)OC=C)n1. The highest BCUT2D eigenvalue weighted by Gasteiger charge is 2.07. The van der Waals surface area contributed by atoms with E-state index in [1.807, 2.05) is 13.8 Å². The fraction of sp³-hybridized carbons (Fsp3) is 0.429. The van der Waals surface area contributed by atoms with Crippen molar-refractivity contribution in [3.05, 3.63) is 37.9 Å². The second-order valence-corrected chi connectivity index (χ2v) is 4.03. The lowest BCUT2D eigenvalue weighted by Crippen LogP contribution is -2.18. The van der Waals surface area contributed by atoms with E-state index in [-0.39, 0.29) is 18.2 Å². The molecule has 0 saturated heterocycles. The monoisotopic (exact) mass is 280 g/mol. The summed E-state index contributed by atoms with van der Waals surface area (Å²) in [7, 11) is 0. The molecule has 0 aromatic carbocycles. The number of nitrogens with zero attached hydrogens (tertiary/aromatic N) is 2. The lowest BCUT2D eigenvalue weighted by molar-refractivity contribution is 0.0929. The standard InChI is InChI=1S/C14H20N2O4/c1-5-17-11(3)9-19-13-7-8-15-14(16-13)20-10-12(4)18-6-2/h5-8,11-12H,1-2,9-10H2,3-4H3. The van der Waals surface area contributed by atoms with Gasteiger partial charge in [-0.05, 0) is 13.8 Å². The zero-order chi connectivity index (χ0) is 14.8. The first kappa shape index (κ1) is 15.8. The van der Waals surface area contributed by atoms with Gasteiger partial charge in [0, 0.05) is 12.3 Å². The molecule has 0 N–H and O–H groups in total. The molecule has 0 amide bonds. The van der Waals surface area contributed by atoms with Gasteiger partial charge in [0.05, 0.1) is 12.5 Å². The van der Waals surface area contributed by atoms with Crippen LogP contribution < -0.4 is 9.47 Å². The van der Waals surface area contributed by atoms with Gasteiger partial charge in [0.2, 0.25) is 5.88 Å². The highest BCUT2D eigenvalue weighted by atomic mass is 16.5. The fourth-order valence-corrected chi connectivity index (χ4v) is 1.28. The molecular weight excluding hydrogens is 260 g/mol. The Hall–Kier alpha value is -2.24. The molecule has 2 unspecified atom stereocenters. The van der Waals surface area contributed by atoms with Crippen molar-refractivity contribution < 1.29 is 18.9 Å². The van der Waals surface area contributed by atoms with Crippen molar-refractivity contribution in [2.24, 2.45) is 0 Å². The molecule has 6 nitrogen and oxygen atoms in total. The molecule has 0 bridgehead atoms. The fourth-order valence-electron chi connectivity index (χ4n) is 1.28. The third-order valence-corrected chi connectivity index (χ3v) is 2.18. The van der Waals surface area contributed by atoms with Crippen LogP contribution in [0.2, 0.25) is 0 Å². The predicted molar refractivity (Wildman–Crippen MR) is 74.5 cm³/mol. The van der Waals surface area contributed by atoms with E-state index < -0.39 is 0 Å². The maximum absolute atomic E-state index is 5.46. The van der Waals surface area contributed by atoms with Gasteiger partial charge in [0.1, 0.15) is 25.4 Å². The molecule has 0 aliphatic carbocycles. The maximum Gasteiger partial charge on any atom is 0.319 e. The van der Waals surface area contributed by atoms with Crippen LogP contribution in [0.15, 0.2) is 37.9 Å². The zero-order valence-electron chi connectivity index (χ0n) is 11.8. The third-order valence-electron chi connectivity index (χ3n) is 2.18. The van der Waals surface area contributed by atoms with E-state index >= 15 is 0 Å². The third kappa shape index (κ3) is 6.08. The Kier molecular flexibility index (Phi) is 6.95. The van der Waals surface area contributed by atoms with E-state index in [9.17, 15) is 0 Å². The van der Waals surface area contributed by atoms with Crippen molar-refractivity contribution in [1.82, 2.24) is 9.97 Å². The van der Waals surface area contributed by atoms with Gasteiger partial charge in [0.15, 0.2) is 0 Å². The Bertz CT molecular complexity index is 390. The van der Waals surface area contributed by atoms with E-state index in [4.69, 9.17) is 18.9 Å². The summed E-state index contributed by atoms with van der Waals surface area (Å²) in [5.74, 6) is 0.423. The van der Waals surface area contributed by atoms with Gasteiger partial charge in [-0.25, -0.2) is 4.98 Å². The minimum absolute atomic E-state index is 0.104. The Balaban J connectivity index is 2.44. The minimum Gasteiger partial charge on any atom is -0.495 e. The molecule has 1 aromatic rings. The Morgan fingerprint density at radius 3 is 2.30 bits per heavy atom. The molecule has 20 heavy (non-hydrogen) atoms. The number of hydrogen-bond acceptors (Lipinski definition) is 6. The Morgan fingerprint density at radius 2 is 1.70 bits per heavy atom. The summed E-state index contributed by atoms with van der Waals surface area (Å²) in [5.41, 5.74) is 0. The van der Waals surface area contributed by atoms with Crippen molar-refractivity contribution in [3.63, 3.8) is 0 Å².